The van der Waals surface area contributed by atoms with E-state index in [4.69, 9.17) is 17.3 Å². The van der Waals surface area contributed by atoms with E-state index in [0.717, 1.165) is 6.26 Å². The van der Waals surface area contributed by atoms with Crippen molar-refractivity contribution in [2.24, 2.45) is 7.05 Å². The second kappa shape index (κ2) is 7.65. The van der Waals surface area contributed by atoms with Crippen molar-refractivity contribution in [2.45, 2.75) is 11.3 Å². The molecule has 0 aliphatic carbocycles. The van der Waals surface area contributed by atoms with Gasteiger partial charge >= 0.3 is 0 Å². The monoisotopic (exact) mass is 418 g/mol. The van der Waals surface area contributed by atoms with Crippen molar-refractivity contribution in [1.29, 1.82) is 0 Å². The molecule has 0 fully saturated rings. The van der Waals surface area contributed by atoms with Gasteiger partial charge in [-0.2, -0.15) is 5.10 Å². The molecule has 146 valence electrons. The molecular weight excluding hydrogens is 400 g/mol. The van der Waals surface area contributed by atoms with Crippen molar-refractivity contribution in [3.63, 3.8) is 0 Å². The van der Waals surface area contributed by atoms with Crippen LogP contribution in [0, 0.1) is 0 Å². The highest BCUT2D eigenvalue weighted by atomic mass is 35.5. The molecule has 0 aliphatic rings. The molecule has 0 bridgehead atoms. The highest BCUT2D eigenvalue weighted by Crippen LogP contribution is 2.30. The predicted molar refractivity (Wildman–Crippen MR) is 110 cm³/mol. The topological polar surface area (TPSA) is 107 Å². The molecule has 1 amide bonds. The third-order valence-corrected chi connectivity index (χ3v) is 5.56. The molecular formula is C19H19ClN4O3S. The van der Waals surface area contributed by atoms with E-state index < -0.39 is 9.84 Å². The molecule has 3 N–H and O–H groups in total. The summed E-state index contributed by atoms with van der Waals surface area (Å²) in [6.07, 6.45) is 2.85. The maximum Gasteiger partial charge on any atom is 0.228 e. The Balaban J connectivity index is 1.96. The van der Waals surface area contributed by atoms with Crippen LogP contribution < -0.4 is 11.1 Å². The summed E-state index contributed by atoms with van der Waals surface area (Å²) in [5, 5.41) is 7.31. The van der Waals surface area contributed by atoms with E-state index in [0.29, 0.717) is 27.4 Å². The predicted octanol–water partition coefficient (Wildman–Crippen LogP) is 2.91. The number of hydrogen-bond donors (Lipinski definition) is 2. The smallest absolute Gasteiger partial charge is 0.228 e. The second-order valence-corrected chi connectivity index (χ2v) is 8.86. The van der Waals surface area contributed by atoms with Crippen LogP contribution in [-0.4, -0.2) is 30.4 Å². The van der Waals surface area contributed by atoms with Gasteiger partial charge in [-0.3, -0.25) is 9.48 Å². The number of carbonyl (C=O) groups excluding carboxylic acids is 1. The van der Waals surface area contributed by atoms with Gasteiger partial charge in [0.05, 0.1) is 11.3 Å². The van der Waals surface area contributed by atoms with Gasteiger partial charge < -0.3 is 11.1 Å². The van der Waals surface area contributed by atoms with Gasteiger partial charge in [0.2, 0.25) is 5.91 Å². The first kappa shape index (κ1) is 19.9. The Labute approximate surface area is 168 Å². The summed E-state index contributed by atoms with van der Waals surface area (Å²) in [5.41, 5.74) is 8.06. The zero-order valence-electron chi connectivity index (χ0n) is 15.3. The van der Waals surface area contributed by atoms with Crippen LogP contribution in [0.4, 0.5) is 11.5 Å². The molecule has 0 aliphatic heterocycles. The summed E-state index contributed by atoms with van der Waals surface area (Å²) in [6.45, 7) is 0. The van der Waals surface area contributed by atoms with E-state index >= 15 is 0 Å². The molecule has 0 saturated heterocycles. The lowest BCUT2D eigenvalue weighted by Gasteiger charge is -2.11. The molecule has 0 radical (unpaired) electrons. The Hall–Kier alpha value is -2.84. The molecule has 2 aromatic carbocycles. The summed E-state index contributed by atoms with van der Waals surface area (Å²) in [4.78, 5) is 12.5. The lowest BCUT2D eigenvalue weighted by molar-refractivity contribution is -0.115. The number of benzene rings is 2. The second-order valence-electron chi connectivity index (χ2n) is 6.44. The highest BCUT2D eigenvalue weighted by Gasteiger charge is 2.16. The van der Waals surface area contributed by atoms with Crippen LogP contribution in [0.15, 0.2) is 53.6 Å². The molecule has 1 aromatic heterocycles. The lowest BCUT2D eigenvalue weighted by atomic mass is 10.1. The van der Waals surface area contributed by atoms with Gasteiger partial charge in [0.25, 0.3) is 0 Å². The van der Waals surface area contributed by atoms with Gasteiger partial charge in [-0.15, -0.1) is 0 Å². The van der Waals surface area contributed by atoms with Crippen LogP contribution in [-0.2, 0) is 28.1 Å². The summed E-state index contributed by atoms with van der Waals surface area (Å²) in [5.74, 6) is -0.0506. The lowest BCUT2D eigenvalue weighted by Crippen LogP contribution is -2.15. The minimum atomic E-state index is -3.50. The summed E-state index contributed by atoms with van der Waals surface area (Å²) < 4.78 is 25.7. The van der Waals surface area contributed by atoms with E-state index in [9.17, 15) is 13.2 Å². The van der Waals surface area contributed by atoms with Crippen LogP contribution in [0.2, 0.25) is 5.02 Å². The average Bonchev–Trinajstić information content (AvgIpc) is 2.94. The van der Waals surface area contributed by atoms with Crippen molar-refractivity contribution in [1.82, 2.24) is 9.78 Å². The van der Waals surface area contributed by atoms with E-state index in [1.807, 2.05) is 0 Å². The standard InChI is InChI=1S/C19H19ClN4O3S/c1-24-11-16(19(21)23-24)13-7-14(10-15(8-13)28(2,26)27)22-18(25)9-12-5-3-4-6-17(12)20/h3-8,10-11H,9H2,1-2H3,(H2,21,23)(H,22,25). The van der Waals surface area contributed by atoms with Crippen molar-refractivity contribution in [3.05, 3.63) is 59.2 Å². The zero-order valence-corrected chi connectivity index (χ0v) is 16.9. The Morgan fingerprint density at radius 3 is 2.57 bits per heavy atom. The molecule has 7 nitrogen and oxygen atoms in total. The number of nitrogen functional groups attached to an aromatic ring is 1. The van der Waals surface area contributed by atoms with E-state index in [-0.39, 0.29) is 23.0 Å². The number of rotatable bonds is 5. The third kappa shape index (κ3) is 4.52. The normalized spacial score (nSPS) is 11.4. The van der Waals surface area contributed by atoms with Gasteiger partial charge in [-0.05, 0) is 35.4 Å². The van der Waals surface area contributed by atoms with Gasteiger partial charge in [-0.25, -0.2) is 8.42 Å². The molecule has 0 unspecified atom stereocenters. The highest BCUT2D eigenvalue weighted by molar-refractivity contribution is 7.90. The van der Waals surface area contributed by atoms with Gasteiger partial charge in [0.15, 0.2) is 15.7 Å². The molecule has 0 saturated carbocycles. The van der Waals surface area contributed by atoms with E-state index in [2.05, 4.69) is 10.4 Å². The number of nitrogens with one attached hydrogen (secondary N) is 1. The number of carbonyl (C=O) groups is 1. The van der Waals surface area contributed by atoms with Crippen molar-refractivity contribution in [3.8, 4) is 11.1 Å². The van der Waals surface area contributed by atoms with Crippen molar-refractivity contribution < 1.29 is 13.2 Å². The summed E-state index contributed by atoms with van der Waals surface area (Å²) >= 11 is 6.10. The summed E-state index contributed by atoms with van der Waals surface area (Å²) in [7, 11) is -1.79. The van der Waals surface area contributed by atoms with Crippen LogP contribution in [0.5, 0.6) is 0 Å². The van der Waals surface area contributed by atoms with Gasteiger partial charge in [-0.1, -0.05) is 29.8 Å². The van der Waals surface area contributed by atoms with Gasteiger partial charge in [0.1, 0.15) is 0 Å². The fraction of sp³-hybridized carbons (Fsp3) is 0.158. The molecule has 9 heteroatoms. The SMILES string of the molecule is Cn1cc(-c2cc(NC(=O)Cc3ccccc3Cl)cc(S(C)(=O)=O)c2)c(N)n1. The van der Waals surface area contributed by atoms with Crippen LogP contribution in [0.1, 0.15) is 5.56 Å². The first-order valence-corrected chi connectivity index (χ1v) is 10.6. The number of sulfone groups is 1. The number of aromatic nitrogens is 2. The van der Waals surface area contributed by atoms with Gasteiger partial charge in [0, 0.05) is 35.8 Å². The Morgan fingerprint density at radius 2 is 1.96 bits per heavy atom. The fourth-order valence-corrected chi connectivity index (χ4v) is 3.67. The number of nitrogens with zero attached hydrogens (tertiary/aromatic N) is 2. The number of nitrogens with two attached hydrogens (primary N) is 1. The summed E-state index contributed by atoms with van der Waals surface area (Å²) in [6, 6.07) is 11.6. The number of aryl methyl sites for hydroxylation is 1. The molecule has 1 heterocycles. The first-order valence-electron chi connectivity index (χ1n) is 8.31. The number of amides is 1. The van der Waals surface area contributed by atoms with E-state index in [1.165, 1.54) is 16.8 Å². The van der Waals surface area contributed by atoms with Crippen molar-refractivity contribution >= 4 is 38.9 Å². The number of hydrogen-bond acceptors (Lipinski definition) is 5. The number of anilines is 2. The van der Waals surface area contributed by atoms with Crippen LogP contribution in [0.3, 0.4) is 0 Å². The fourth-order valence-electron chi connectivity index (χ4n) is 2.79. The quantitative estimate of drug-likeness (QED) is 0.662. The minimum absolute atomic E-state index is 0.0626. The maximum atomic E-state index is 12.5. The van der Waals surface area contributed by atoms with Crippen LogP contribution in [0.25, 0.3) is 11.1 Å². The van der Waals surface area contributed by atoms with E-state index in [1.54, 1.807) is 43.6 Å². The first-order chi connectivity index (χ1) is 13.1. The largest absolute Gasteiger partial charge is 0.382 e. The molecule has 3 rings (SSSR count). The average molecular weight is 419 g/mol. The van der Waals surface area contributed by atoms with Crippen molar-refractivity contribution in [2.75, 3.05) is 17.3 Å². The number of halogens is 1. The molecule has 28 heavy (non-hydrogen) atoms. The molecule has 0 atom stereocenters. The third-order valence-electron chi connectivity index (χ3n) is 4.10. The zero-order chi connectivity index (χ0) is 20.5. The maximum absolute atomic E-state index is 12.5. The Bertz CT molecular complexity index is 1160. The Kier molecular flexibility index (Phi) is 5.44. The Morgan fingerprint density at radius 1 is 1.25 bits per heavy atom. The van der Waals surface area contributed by atoms with Crippen LogP contribution >= 0.6 is 11.6 Å². The molecule has 0 spiro atoms. The minimum Gasteiger partial charge on any atom is -0.382 e. The molecule has 3 aromatic rings.